The molecule has 1 atom stereocenters. The summed E-state index contributed by atoms with van der Waals surface area (Å²) in [5.74, 6) is -0.133. The number of aromatic nitrogens is 3. The van der Waals surface area contributed by atoms with E-state index in [1.54, 1.807) is 18.3 Å². The monoisotopic (exact) mass is 279 g/mol. The largest absolute Gasteiger partial charge is 0.468 e. The van der Waals surface area contributed by atoms with Crippen molar-refractivity contribution in [3.8, 4) is 0 Å². The minimum absolute atomic E-state index is 0.00146. The van der Waals surface area contributed by atoms with E-state index < -0.39 is 16.8 Å². The quantitative estimate of drug-likeness (QED) is 0.755. The second-order valence-electron chi connectivity index (χ2n) is 3.79. The number of methoxy groups -OCH3 is 1. The van der Waals surface area contributed by atoms with E-state index in [4.69, 9.17) is 0 Å². The standard InChI is InChI=1S/C12H13N3O3S/c1-18-12(16)8-15-7-10(13-14-15)9-19(17)11-5-3-2-4-6-11/h2-7H,8-9H2,1H3. The summed E-state index contributed by atoms with van der Waals surface area (Å²) in [6.07, 6.45) is 1.60. The number of esters is 1. The van der Waals surface area contributed by atoms with Gasteiger partial charge in [0.15, 0.2) is 0 Å². The van der Waals surface area contributed by atoms with Crippen LogP contribution in [0.4, 0.5) is 0 Å². The van der Waals surface area contributed by atoms with Crippen LogP contribution < -0.4 is 0 Å². The summed E-state index contributed by atoms with van der Waals surface area (Å²) in [7, 11) is 0.143. The lowest BCUT2D eigenvalue weighted by atomic mass is 10.4. The Bertz CT molecular complexity index is 583. The molecule has 19 heavy (non-hydrogen) atoms. The summed E-state index contributed by atoms with van der Waals surface area (Å²) >= 11 is 0. The molecule has 0 spiro atoms. The number of carbonyl (C=O) groups excluding carboxylic acids is 1. The van der Waals surface area contributed by atoms with Crippen LogP contribution in [0.2, 0.25) is 0 Å². The summed E-state index contributed by atoms with van der Waals surface area (Å²) in [6, 6.07) is 9.14. The predicted octanol–water partition coefficient (Wildman–Crippen LogP) is 0.759. The van der Waals surface area contributed by atoms with Crippen molar-refractivity contribution >= 4 is 16.8 Å². The van der Waals surface area contributed by atoms with Gasteiger partial charge in [-0.25, -0.2) is 4.68 Å². The van der Waals surface area contributed by atoms with E-state index in [2.05, 4.69) is 15.0 Å². The molecule has 2 rings (SSSR count). The molecule has 1 unspecified atom stereocenters. The lowest BCUT2D eigenvalue weighted by Crippen LogP contribution is -2.11. The molecule has 0 fully saturated rings. The van der Waals surface area contributed by atoms with E-state index in [-0.39, 0.29) is 12.3 Å². The Morgan fingerprint density at radius 2 is 2.11 bits per heavy atom. The topological polar surface area (TPSA) is 74.1 Å². The normalized spacial score (nSPS) is 12.1. The van der Waals surface area contributed by atoms with Crippen LogP contribution in [0.3, 0.4) is 0 Å². The maximum Gasteiger partial charge on any atom is 0.327 e. The molecule has 0 radical (unpaired) electrons. The Balaban J connectivity index is 2.00. The van der Waals surface area contributed by atoms with Gasteiger partial charge in [-0.2, -0.15) is 0 Å². The maximum absolute atomic E-state index is 12.0. The molecule has 100 valence electrons. The Morgan fingerprint density at radius 3 is 2.79 bits per heavy atom. The van der Waals surface area contributed by atoms with Gasteiger partial charge in [0, 0.05) is 4.90 Å². The van der Waals surface area contributed by atoms with Crippen LogP contribution in [0.5, 0.6) is 0 Å². The Morgan fingerprint density at radius 1 is 1.37 bits per heavy atom. The third-order valence-electron chi connectivity index (χ3n) is 2.39. The van der Waals surface area contributed by atoms with Gasteiger partial charge in [-0.1, -0.05) is 23.4 Å². The number of rotatable bonds is 5. The summed E-state index contributed by atoms with van der Waals surface area (Å²) in [5, 5.41) is 7.66. The summed E-state index contributed by atoms with van der Waals surface area (Å²) in [5.41, 5.74) is 0.575. The van der Waals surface area contributed by atoms with Crippen molar-refractivity contribution in [1.29, 1.82) is 0 Å². The molecule has 7 heteroatoms. The lowest BCUT2D eigenvalue weighted by Gasteiger charge is -1.99. The Hall–Kier alpha value is -2.02. The molecule has 0 amide bonds. The summed E-state index contributed by atoms with van der Waals surface area (Å²) < 4.78 is 17.9. The Labute approximate surface area is 112 Å². The number of ether oxygens (including phenoxy) is 1. The highest BCUT2D eigenvalue weighted by Gasteiger charge is 2.10. The van der Waals surface area contributed by atoms with Crippen molar-refractivity contribution in [3.63, 3.8) is 0 Å². The fourth-order valence-electron chi connectivity index (χ4n) is 1.47. The number of benzene rings is 1. The van der Waals surface area contributed by atoms with E-state index in [1.807, 2.05) is 18.2 Å². The van der Waals surface area contributed by atoms with Crippen LogP contribution in [0, 0.1) is 0 Å². The summed E-state index contributed by atoms with van der Waals surface area (Å²) in [6.45, 7) is 0.00146. The number of carbonyl (C=O) groups is 1. The third kappa shape index (κ3) is 3.72. The minimum Gasteiger partial charge on any atom is -0.468 e. The Kier molecular flexibility index (Phi) is 4.40. The van der Waals surface area contributed by atoms with Crippen molar-refractivity contribution in [2.45, 2.75) is 17.2 Å². The van der Waals surface area contributed by atoms with Crippen LogP contribution in [0.15, 0.2) is 41.4 Å². The zero-order chi connectivity index (χ0) is 13.7. The first-order valence-electron chi connectivity index (χ1n) is 5.58. The zero-order valence-corrected chi connectivity index (χ0v) is 11.2. The first-order valence-corrected chi connectivity index (χ1v) is 6.90. The van der Waals surface area contributed by atoms with Gasteiger partial charge in [-0.3, -0.25) is 9.00 Å². The molecule has 0 saturated carbocycles. The van der Waals surface area contributed by atoms with Crippen molar-refractivity contribution < 1.29 is 13.7 Å². The SMILES string of the molecule is COC(=O)Cn1cc(CS(=O)c2ccccc2)nn1. The van der Waals surface area contributed by atoms with E-state index in [1.165, 1.54) is 11.8 Å². The van der Waals surface area contributed by atoms with Crippen LogP contribution >= 0.6 is 0 Å². The van der Waals surface area contributed by atoms with Gasteiger partial charge in [0.25, 0.3) is 0 Å². The van der Waals surface area contributed by atoms with E-state index >= 15 is 0 Å². The fourth-order valence-corrected chi connectivity index (χ4v) is 2.50. The van der Waals surface area contributed by atoms with Crippen LogP contribution in [-0.4, -0.2) is 32.3 Å². The molecule has 1 aromatic heterocycles. The van der Waals surface area contributed by atoms with Gasteiger partial charge in [0.2, 0.25) is 0 Å². The lowest BCUT2D eigenvalue weighted by molar-refractivity contribution is -0.141. The fraction of sp³-hybridized carbons (Fsp3) is 0.250. The average molecular weight is 279 g/mol. The van der Waals surface area contributed by atoms with E-state index in [0.29, 0.717) is 5.69 Å². The van der Waals surface area contributed by atoms with E-state index in [9.17, 15) is 9.00 Å². The van der Waals surface area contributed by atoms with Gasteiger partial charge in [-0.15, -0.1) is 5.10 Å². The molecule has 0 bridgehead atoms. The average Bonchev–Trinajstić information content (AvgIpc) is 2.86. The molecular weight excluding hydrogens is 266 g/mol. The zero-order valence-electron chi connectivity index (χ0n) is 10.4. The van der Waals surface area contributed by atoms with Gasteiger partial charge in [-0.05, 0) is 12.1 Å². The van der Waals surface area contributed by atoms with Gasteiger partial charge in [0.05, 0.1) is 35.6 Å². The van der Waals surface area contributed by atoms with Crippen molar-refractivity contribution in [1.82, 2.24) is 15.0 Å². The number of hydrogen-bond donors (Lipinski definition) is 0. The minimum atomic E-state index is -1.17. The molecule has 0 aliphatic heterocycles. The number of hydrogen-bond acceptors (Lipinski definition) is 5. The predicted molar refractivity (Wildman–Crippen MR) is 68.6 cm³/mol. The molecule has 0 aliphatic carbocycles. The molecule has 0 aliphatic rings. The summed E-state index contributed by atoms with van der Waals surface area (Å²) in [4.78, 5) is 11.8. The third-order valence-corrected chi connectivity index (χ3v) is 3.75. The molecule has 0 N–H and O–H groups in total. The molecule has 1 heterocycles. The molecule has 2 aromatic rings. The highest BCUT2D eigenvalue weighted by molar-refractivity contribution is 7.84. The first-order chi connectivity index (χ1) is 9.19. The second-order valence-corrected chi connectivity index (χ2v) is 5.24. The van der Waals surface area contributed by atoms with Crippen LogP contribution in [0.1, 0.15) is 5.69 Å². The van der Waals surface area contributed by atoms with Gasteiger partial charge >= 0.3 is 5.97 Å². The van der Waals surface area contributed by atoms with E-state index in [0.717, 1.165) is 4.90 Å². The van der Waals surface area contributed by atoms with Crippen molar-refractivity contribution in [3.05, 3.63) is 42.2 Å². The smallest absolute Gasteiger partial charge is 0.327 e. The van der Waals surface area contributed by atoms with Gasteiger partial charge in [0.1, 0.15) is 6.54 Å². The molecular formula is C12H13N3O3S. The van der Waals surface area contributed by atoms with Crippen molar-refractivity contribution in [2.24, 2.45) is 0 Å². The highest BCUT2D eigenvalue weighted by atomic mass is 32.2. The maximum atomic E-state index is 12.0. The van der Waals surface area contributed by atoms with Crippen molar-refractivity contribution in [2.75, 3.05) is 7.11 Å². The van der Waals surface area contributed by atoms with Gasteiger partial charge < -0.3 is 4.74 Å². The van der Waals surface area contributed by atoms with Crippen LogP contribution in [-0.2, 0) is 32.6 Å². The molecule has 1 aromatic carbocycles. The highest BCUT2D eigenvalue weighted by Crippen LogP contribution is 2.10. The second kappa shape index (κ2) is 6.24. The number of nitrogens with zero attached hydrogens (tertiary/aromatic N) is 3. The first kappa shape index (κ1) is 13.4. The van der Waals surface area contributed by atoms with Crippen LogP contribution in [0.25, 0.3) is 0 Å². The molecule has 6 nitrogen and oxygen atoms in total. The molecule has 0 saturated heterocycles.